The van der Waals surface area contributed by atoms with Crippen LogP contribution in [0.4, 0.5) is 5.82 Å². The number of carboxylic acid groups (broad SMARTS) is 1. The highest BCUT2D eigenvalue weighted by Gasteiger charge is 2.14. The Kier molecular flexibility index (Phi) is 4.62. The van der Waals surface area contributed by atoms with E-state index >= 15 is 0 Å². The van der Waals surface area contributed by atoms with Crippen LogP contribution in [0.1, 0.15) is 17.4 Å². The second-order valence-corrected chi connectivity index (χ2v) is 5.37. The molecule has 0 aliphatic heterocycles. The molecule has 0 saturated heterocycles. The largest absolute Gasteiger partial charge is 0.477 e. The Labute approximate surface area is 103 Å². The summed E-state index contributed by atoms with van der Waals surface area (Å²) >= 11 is 0. The Bertz CT molecular complexity index is 436. The molecule has 2 atom stereocenters. The van der Waals surface area contributed by atoms with E-state index in [0.29, 0.717) is 11.6 Å². The number of aromatic carboxylic acids is 1. The van der Waals surface area contributed by atoms with Gasteiger partial charge >= 0.3 is 5.97 Å². The molecule has 0 spiro atoms. The molecule has 2 unspecified atom stereocenters. The van der Waals surface area contributed by atoms with Crippen molar-refractivity contribution in [1.82, 2.24) is 4.98 Å². The minimum Gasteiger partial charge on any atom is -0.477 e. The van der Waals surface area contributed by atoms with Crippen molar-refractivity contribution in [2.24, 2.45) is 0 Å². The van der Waals surface area contributed by atoms with E-state index in [4.69, 9.17) is 5.11 Å². The normalized spacial score (nSPS) is 14.1. The maximum absolute atomic E-state index is 11.1. The van der Waals surface area contributed by atoms with Gasteiger partial charge in [0.05, 0.1) is 0 Å². The van der Waals surface area contributed by atoms with Gasteiger partial charge in [0.2, 0.25) is 0 Å². The molecule has 1 aromatic rings. The van der Waals surface area contributed by atoms with E-state index in [2.05, 4.69) is 4.98 Å². The zero-order valence-corrected chi connectivity index (χ0v) is 10.9. The molecular weight excluding hydrogens is 240 g/mol. The number of hydrogen-bond acceptors (Lipinski definition) is 4. The quantitative estimate of drug-likeness (QED) is 0.850. The molecule has 0 fully saturated rings. The average molecular weight is 256 g/mol. The predicted octanol–water partition coefficient (Wildman–Crippen LogP) is 0.983. The average Bonchev–Trinajstić information content (AvgIpc) is 2.27. The molecule has 1 heterocycles. The van der Waals surface area contributed by atoms with Crippen LogP contribution in [0.2, 0.25) is 0 Å². The Morgan fingerprint density at radius 2 is 2.24 bits per heavy atom. The summed E-state index contributed by atoms with van der Waals surface area (Å²) in [5.41, 5.74) is 0.0131. The highest BCUT2D eigenvalue weighted by Crippen LogP contribution is 2.13. The van der Waals surface area contributed by atoms with Gasteiger partial charge in [-0.1, -0.05) is 6.07 Å². The lowest BCUT2D eigenvalue weighted by atomic mass is 10.3. The third kappa shape index (κ3) is 3.81. The predicted molar refractivity (Wildman–Crippen MR) is 68.0 cm³/mol. The van der Waals surface area contributed by atoms with Crippen LogP contribution in [0.5, 0.6) is 0 Å². The van der Waals surface area contributed by atoms with E-state index < -0.39 is 16.8 Å². The molecule has 94 valence electrons. The lowest BCUT2D eigenvalue weighted by molar-refractivity contribution is 0.0690. The molecule has 0 aromatic carbocycles. The van der Waals surface area contributed by atoms with Gasteiger partial charge in [0.1, 0.15) is 5.82 Å². The fourth-order valence-corrected chi connectivity index (χ4v) is 2.32. The van der Waals surface area contributed by atoms with Gasteiger partial charge in [0, 0.05) is 35.9 Å². The summed E-state index contributed by atoms with van der Waals surface area (Å²) in [5.74, 6) is 0.0463. The van der Waals surface area contributed by atoms with Gasteiger partial charge in [-0.3, -0.25) is 4.21 Å². The second kappa shape index (κ2) is 5.77. The number of rotatable bonds is 5. The molecule has 0 aliphatic carbocycles. The number of aromatic nitrogens is 1. The van der Waals surface area contributed by atoms with Crippen LogP contribution in [0.3, 0.4) is 0 Å². The van der Waals surface area contributed by atoms with Crippen molar-refractivity contribution < 1.29 is 14.1 Å². The molecule has 0 amide bonds. The van der Waals surface area contributed by atoms with Crippen LogP contribution in [-0.4, -0.2) is 45.4 Å². The molecule has 5 nitrogen and oxygen atoms in total. The van der Waals surface area contributed by atoms with Crippen molar-refractivity contribution in [3.05, 3.63) is 23.9 Å². The molecule has 1 N–H and O–H groups in total. The molecule has 0 radical (unpaired) electrons. The molecule has 0 bridgehead atoms. The first-order chi connectivity index (χ1) is 7.91. The highest BCUT2D eigenvalue weighted by molar-refractivity contribution is 7.84. The van der Waals surface area contributed by atoms with E-state index in [1.165, 1.54) is 6.07 Å². The number of carbonyl (C=O) groups is 1. The third-order valence-electron chi connectivity index (χ3n) is 2.45. The number of hydrogen-bond donors (Lipinski definition) is 1. The molecule has 6 heteroatoms. The smallest absolute Gasteiger partial charge is 0.354 e. The van der Waals surface area contributed by atoms with Gasteiger partial charge in [0.15, 0.2) is 5.69 Å². The van der Waals surface area contributed by atoms with Crippen molar-refractivity contribution in [3.63, 3.8) is 0 Å². The first-order valence-corrected chi connectivity index (χ1v) is 6.87. The maximum atomic E-state index is 11.1. The van der Waals surface area contributed by atoms with Crippen LogP contribution in [0.15, 0.2) is 18.2 Å². The van der Waals surface area contributed by atoms with E-state index in [-0.39, 0.29) is 11.7 Å². The minimum atomic E-state index is -1.05. The lowest BCUT2D eigenvalue weighted by Crippen LogP contribution is -2.34. The van der Waals surface area contributed by atoms with Crippen molar-refractivity contribution in [2.75, 3.05) is 24.0 Å². The van der Waals surface area contributed by atoms with Gasteiger partial charge < -0.3 is 10.0 Å². The molecular formula is C11H16N2O3S. The topological polar surface area (TPSA) is 70.5 Å². The van der Waals surface area contributed by atoms with E-state index in [1.54, 1.807) is 18.4 Å². The van der Waals surface area contributed by atoms with E-state index in [9.17, 15) is 9.00 Å². The molecule has 1 rings (SSSR count). The van der Waals surface area contributed by atoms with E-state index in [1.807, 2.05) is 18.9 Å². The molecule has 17 heavy (non-hydrogen) atoms. The molecule has 1 aromatic heterocycles. The summed E-state index contributed by atoms with van der Waals surface area (Å²) in [4.78, 5) is 16.6. The van der Waals surface area contributed by atoms with Crippen LogP contribution in [0.25, 0.3) is 0 Å². The van der Waals surface area contributed by atoms with Gasteiger partial charge in [-0.05, 0) is 19.1 Å². The van der Waals surface area contributed by atoms with Gasteiger partial charge in [-0.15, -0.1) is 0 Å². The number of anilines is 1. The first-order valence-electron chi connectivity index (χ1n) is 5.15. The SMILES string of the molecule is CC(CS(C)=O)N(C)c1cccc(C(=O)O)n1. The van der Waals surface area contributed by atoms with Crippen LogP contribution >= 0.6 is 0 Å². The Balaban J connectivity index is 2.88. The maximum Gasteiger partial charge on any atom is 0.354 e. The Morgan fingerprint density at radius 3 is 2.76 bits per heavy atom. The number of pyridine rings is 1. The first kappa shape index (κ1) is 13.6. The fourth-order valence-electron chi connectivity index (χ4n) is 1.42. The second-order valence-electron chi connectivity index (χ2n) is 3.89. The van der Waals surface area contributed by atoms with Crippen molar-refractivity contribution in [2.45, 2.75) is 13.0 Å². The monoisotopic (exact) mass is 256 g/mol. The summed E-state index contributed by atoms with van der Waals surface area (Å²) in [6.07, 6.45) is 1.64. The minimum absolute atomic E-state index is 0.0131. The standard InChI is InChI=1S/C11H16N2O3S/c1-8(7-17(3)16)13(2)10-6-4-5-9(12-10)11(14)15/h4-6,8H,7H2,1-3H3,(H,14,15). The van der Waals surface area contributed by atoms with Crippen molar-refractivity contribution >= 4 is 22.6 Å². The van der Waals surface area contributed by atoms with Crippen LogP contribution in [-0.2, 0) is 10.8 Å². The summed E-state index contributed by atoms with van der Waals surface area (Å²) in [7, 11) is 0.921. The van der Waals surface area contributed by atoms with Crippen molar-refractivity contribution in [1.29, 1.82) is 0 Å². The Hall–Kier alpha value is -1.43. The van der Waals surface area contributed by atoms with Crippen LogP contribution < -0.4 is 4.90 Å². The third-order valence-corrected chi connectivity index (χ3v) is 3.40. The summed E-state index contributed by atoms with van der Waals surface area (Å²) in [6.45, 7) is 1.93. The number of carboxylic acids is 1. The summed E-state index contributed by atoms with van der Waals surface area (Å²) < 4.78 is 11.1. The lowest BCUT2D eigenvalue weighted by Gasteiger charge is -2.25. The van der Waals surface area contributed by atoms with Gasteiger partial charge in [-0.25, -0.2) is 9.78 Å². The van der Waals surface area contributed by atoms with Gasteiger partial charge in [0.25, 0.3) is 0 Å². The molecule has 0 saturated carbocycles. The summed E-state index contributed by atoms with van der Waals surface area (Å²) in [5, 5.41) is 8.85. The van der Waals surface area contributed by atoms with Crippen molar-refractivity contribution in [3.8, 4) is 0 Å². The fraction of sp³-hybridized carbons (Fsp3) is 0.455. The number of nitrogens with zero attached hydrogens (tertiary/aromatic N) is 2. The zero-order valence-electron chi connectivity index (χ0n) is 10.1. The van der Waals surface area contributed by atoms with E-state index in [0.717, 1.165) is 0 Å². The zero-order chi connectivity index (χ0) is 13.0. The van der Waals surface area contributed by atoms with Crippen LogP contribution in [0, 0.1) is 0 Å². The Morgan fingerprint density at radius 1 is 1.59 bits per heavy atom. The molecule has 0 aliphatic rings. The van der Waals surface area contributed by atoms with Gasteiger partial charge in [-0.2, -0.15) is 0 Å². The summed E-state index contributed by atoms with van der Waals surface area (Å²) in [6, 6.07) is 4.87. The highest BCUT2D eigenvalue weighted by atomic mass is 32.2.